The Morgan fingerprint density at radius 2 is 1.95 bits per heavy atom. The molecule has 3 heterocycles. The highest BCUT2D eigenvalue weighted by Gasteiger charge is 2.40. The molecule has 2 amide bonds. The van der Waals surface area contributed by atoms with Gasteiger partial charge in [-0.2, -0.15) is 18.3 Å². The summed E-state index contributed by atoms with van der Waals surface area (Å²) in [5.74, 6) is -0.950. The number of alkyl halides is 3. The molecule has 0 bridgehead atoms. The number of aromatic nitrogens is 2. The summed E-state index contributed by atoms with van der Waals surface area (Å²) in [7, 11) is 0. The van der Waals surface area contributed by atoms with E-state index in [1.807, 2.05) is 6.07 Å². The van der Waals surface area contributed by atoms with Crippen molar-refractivity contribution in [3.63, 3.8) is 0 Å². The Morgan fingerprint density at radius 1 is 1.24 bits per heavy atom. The molecule has 37 heavy (non-hydrogen) atoms. The maximum absolute atomic E-state index is 14.3. The summed E-state index contributed by atoms with van der Waals surface area (Å²) < 4.78 is 44.6. The van der Waals surface area contributed by atoms with Crippen molar-refractivity contribution < 1.29 is 22.8 Å². The van der Waals surface area contributed by atoms with Crippen molar-refractivity contribution >= 4 is 34.8 Å². The number of rotatable bonds is 6. The van der Waals surface area contributed by atoms with Crippen LogP contribution in [0.5, 0.6) is 0 Å². The second-order valence-corrected chi connectivity index (χ2v) is 11.3. The number of hydrogen-bond donors (Lipinski definition) is 1. The average molecular weight is 551 g/mol. The highest BCUT2D eigenvalue weighted by molar-refractivity contribution is 7.16. The third kappa shape index (κ3) is 5.45. The molecular weight excluding hydrogens is 525 g/mol. The number of halogens is 4. The van der Waals surface area contributed by atoms with Crippen LogP contribution in [0.25, 0.3) is 11.1 Å². The number of nitrogens with zero attached hydrogens (tertiary/aromatic N) is 3. The molecule has 11 heteroatoms. The first kappa shape index (κ1) is 26.9. The van der Waals surface area contributed by atoms with Gasteiger partial charge in [0.15, 0.2) is 5.69 Å². The Labute approximate surface area is 221 Å². The van der Waals surface area contributed by atoms with E-state index in [0.717, 1.165) is 10.4 Å². The van der Waals surface area contributed by atoms with Gasteiger partial charge in [0.05, 0.1) is 16.4 Å². The van der Waals surface area contributed by atoms with Gasteiger partial charge >= 0.3 is 6.18 Å². The zero-order valence-corrected chi connectivity index (χ0v) is 22.1. The fraction of sp³-hybridized carbons (Fsp3) is 0.346. The van der Waals surface area contributed by atoms with Crippen LogP contribution in [-0.4, -0.2) is 39.6 Å². The number of amides is 2. The molecule has 3 aromatic rings. The van der Waals surface area contributed by atoms with E-state index in [9.17, 15) is 22.8 Å². The average Bonchev–Trinajstić information content (AvgIpc) is 3.45. The monoisotopic (exact) mass is 550 g/mol. The first-order chi connectivity index (χ1) is 17.3. The quantitative estimate of drug-likeness (QED) is 0.394. The lowest BCUT2D eigenvalue weighted by Crippen LogP contribution is -2.40. The standard InChI is InChI=1S/C26H26ClF3N4O2S/c1-5-23(36)33-11-19(18-10-22(27)37-21(18)13-33)16-8-6-7-9-17(16)20-12-34(32-24(20)26(28,29)30)25(3,4)14-31-15(2)35/h5-10,12,19H,1,11,13-14H2,2-4H3,(H,31,35). The van der Waals surface area contributed by atoms with E-state index in [4.69, 9.17) is 11.6 Å². The molecule has 1 unspecified atom stereocenters. The summed E-state index contributed by atoms with van der Waals surface area (Å²) in [5.41, 5.74) is -0.136. The number of carbonyl (C=O) groups excluding carboxylic acids is 2. The van der Waals surface area contributed by atoms with Gasteiger partial charge in [0.2, 0.25) is 11.8 Å². The number of nitrogens with one attached hydrogen (secondary N) is 1. The van der Waals surface area contributed by atoms with Crippen LogP contribution in [0.3, 0.4) is 0 Å². The maximum atomic E-state index is 14.3. The Bertz CT molecular complexity index is 1360. The van der Waals surface area contributed by atoms with Crippen LogP contribution in [0.2, 0.25) is 4.34 Å². The molecule has 4 rings (SSSR count). The van der Waals surface area contributed by atoms with E-state index in [0.29, 0.717) is 22.0 Å². The van der Waals surface area contributed by atoms with Gasteiger partial charge in [-0.05, 0) is 42.7 Å². The van der Waals surface area contributed by atoms with E-state index in [2.05, 4.69) is 17.0 Å². The van der Waals surface area contributed by atoms with Gasteiger partial charge in [0.1, 0.15) is 0 Å². The van der Waals surface area contributed by atoms with E-state index in [1.165, 1.54) is 35.2 Å². The lowest BCUT2D eigenvalue weighted by molar-refractivity contribution is -0.141. The van der Waals surface area contributed by atoms with E-state index in [-0.39, 0.29) is 30.5 Å². The summed E-state index contributed by atoms with van der Waals surface area (Å²) in [4.78, 5) is 26.4. The molecule has 196 valence electrons. The first-order valence-electron chi connectivity index (χ1n) is 11.5. The Hall–Kier alpha value is -3.11. The third-order valence-corrected chi connectivity index (χ3v) is 7.67. The van der Waals surface area contributed by atoms with Gasteiger partial charge in [0.25, 0.3) is 0 Å². The van der Waals surface area contributed by atoms with Crippen LogP contribution in [0.4, 0.5) is 13.2 Å². The molecule has 0 saturated carbocycles. The smallest absolute Gasteiger partial charge is 0.354 e. The predicted octanol–water partition coefficient (Wildman–Crippen LogP) is 5.82. The minimum absolute atomic E-state index is 0.0750. The zero-order chi connectivity index (χ0) is 27.1. The molecule has 1 aliphatic heterocycles. The maximum Gasteiger partial charge on any atom is 0.435 e. The van der Waals surface area contributed by atoms with E-state index < -0.39 is 23.3 Å². The van der Waals surface area contributed by atoms with Crippen LogP contribution in [-0.2, 0) is 27.8 Å². The van der Waals surface area contributed by atoms with Crippen molar-refractivity contribution in [2.45, 2.75) is 44.9 Å². The lowest BCUT2D eigenvalue weighted by atomic mass is 9.84. The van der Waals surface area contributed by atoms with E-state index >= 15 is 0 Å². The highest BCUT2D eigenvalue weighted by atomic mass is 35.5. The van der Waals surface area contributed by atoms with Gasteiger partial charge < -0.3 is 10.2 Å². The number of benzene rings is 1. The Balaban J connectivity index is 1.87. The van der Waals surface area contributed by atoms with Crippen molar-refractivity contribution in [2.75, 3.05) is 13.1 Å². The SMILES string of the molecule is C=CC(=O)N1Cc2sc(Cl)cc2C(c2ccccc2-c2cn(C(C)(C)CNC(C)=O)nc2C(F)(F)F)C1. The van der Waals surface area contributed by atoms with Crippen LogP contribution < -0.4 is 5.32 Å². The van der Waals surface area contributed by atoms with Gasteiger partial charge in [-0.25, -0.2) is 0 Å². The summed E-state index contributed by atoms with van der Waals surface area (Å²) in [6.07, 6.45) is -2.11. The molecule has 1 aromatic carbocycles. The van der Waals surface area contributed by atoms with Gasteiger partial charge in [0, 0.05) is 42.6 Å². The fourth-order valence-electron chi connectivity index (χ4n) is 4.51. The molecule has 1 aliphatic rings. The molecule has 2 aromatic heterocycles. The topological polar surface area (TPSA) is 67.2 Å². The number of carbonyl (C=O) groups is 2. The normalized spacial score (nSPS) is 15.9. The van der Waals surface area contributed by atoms with Crippen molar-refractivity contribution in [1.29, 1.82) is 0 Å². The van der Waals surface area contributed by atoms with Gasteiger partial charge in [-0.3, -0.25) is 14.3 Å². The van der Waals surface area contributed by atoms with Crippen LogP contribution in [0, 0.1) is 0 Å². The van der Waals surface area contributed by atoms with Crippen LogP contribution in [0.15, 0.2) is 49.2 Å². The van der Waals surface area contributed by atoms with Gasteiger partial charge in [-0.1, -0.05) is 42.4 Å². The molecule has 0 fully saturated rings. The first-order valence-corrected chi connectivity index (χ1v) is 12.7. The second-order valence-electron chi connectivity index (χ2n) is 9.55. The van der Waals surface area contributed by atoms with Crippen LogP contribution >= 0.6 is 22.9 Å². The summed E-state index contributed by atoms with van der Waals surface area (Å²) in [6.45, 7) is 9.05. The van der Waals surface area contributed by atoms with Crippen molar-refractivity contribution in [1.82, 2.24) is 20.0 Å². The Kier molecular flexibility index (Phi) is 7.27. The molecule has 0 saturated heterocycles. The van der Waals surface area contributed by atoms with E-state index in [1.54, 1.807) is 43.0 Å². The third-order valence-electron chi connectivity index (χ3n) is 6.41. The molecule has 0 aliphatic carbocycles. The number of fused-ring (bicyclic) bond motifs is 1. The Morgan fingerprint density at radius 3 is 2.59 bits per heavy atom. The van der Waals surface area contributed by atoms with Crippen molar-refractivity contribution in [3.05, 3.63) is 75.2 Å². The zero-order valence-electron chi connectivity index (χ0n) is 20.5. The van der Waals surface area contributed by atoms with Gasteiger partial charge in [-0.15, -0.1) is 11.3 Å². The molecule has 6 nitrogen and oxygen atoms in total. The summed E-state index contributed by atoms with van der Waals surface area (Å²) >= 11 is 7.67. The van der Waals surface area contributed by atoms with Crippen molar-refractivity contribution in [3.8, 4) is 11.1 Å². The molecule has 1 N–H and O–H groups in total. The molecule has 0 radical (unpaired) electrons. The lowest BCUT2D eigenvalue weighted by Gasteiger charge is -2.33. The number of hydrogen-bond acceptors (Lipinski definition) is 4. The molecular formula is C26H26ClF3N4O2S. The molecule has 0 spiro atoms. The fourth-order valence-corrected chi connectivity index (χ4v) is 5.86. The predicted molar refractivity (Wildman–Crippen MR) is 137 cm³/mol. The minimum atomic E-state index is -4.72. The minimum Gasteiger partial charge on any atom is -0.354 e. The molecule has 1 atom stereocenters. The largest absolute Gasteiger partial charge is 0.435 e. The summed E-state index contributed by atoms with van der Waals surface area (Å²) in [5, 5.41) is 6.59. The highest BCUT2D eigenvalue weighted by Crippen LogP contribution is 2.45. The van der Waals surface area contributed by atoms with Crippen molar-refractivity contribution in [2.24, 2.45) is 0 Å². The summed E-state index contributed by atoms with van der Waals surface area (Å²) in [6, 6.07) is 8.67. The van der Waals surface area contributed by atoms with Crippen LogP contribution in [0.1, 0.15) is 48.4 Å². The second kappa shape index (κ2) is 9.98. The number of thiophene rings is 1.